The zero-order valence-corrected chi connectivity index (χ0v) is 10.6. The summed E-state index contributed by atoms with van der Waals surface area (Å²) in [6.07, 6.45) is 3.11. The molecule has 2 N–H and O–H groups in total. The SMILES string of the molecule is O=C(/C=C/c1ccc(F)cc1)NCC1CNCCO1. The van der Waals surface area contributed by atoms with Crippen LogP contribution in [0, 0.1) is 5.82 Å². The Hall–Kier alpha value is -1.72. The van der Waals surface area contributed by atoms with Crippen molar-refractivity contribution in [2.24, 2.45) is 0 Å². The van der Waals surface area contributed by atoms with Crippen molar-refractivity contribution < 1.29 is 13.9 Å². The van der Waals surface area contributed by atoms with Gasteiger partial charge in [-0.2, -0.15) is 0 Å². The molecule has 19 heavy (non-hydrogen) atoms. The number of carbonyl (C=O) groups excluding carboxylic acids is 1. The summed E-state index contributed by atoms with van der Waals surface area (Å²) in [6.45, 7) is 2.77. The maximum atomic E-state index is 12.7. The van der Waals surface area contributed by atoms with Crippen LogP contribution < -0.4 is 10.6 Å². The Labute approximate surface area is 111 Å². The zero-order chi connectivity index (χ0) is 13.5. The summed E-state index contributed by atoms with van der Waals surface area (Å²) in [5, 5.41) is 5.96. The number of carbonyl (C=O) groups is 1. The van der Waals surface area contributed by atoms with Crippen molar-refractivity contribution in [3.63, 3.8) is 0 Å². The van der Waals surface area contributed by atoms with Gasteiger partial charge >= 0.3 is 0 Å². The summed E-state index contributed by atoms with van der Waals surface area (Å²) in [4.78, 5) is 11.6. The van der Waals surface area contributed by atoms with Crippen molar-refractivity contribution in [2.75, 3.05) is 26.2 Å². The number of morpholine rings is 1. The van der Waals surface area contributed by atoms with E-state index in [0.717, 1.165) is 18.7 Å². The van der Waals surface area contributed by atoms with Crippen LogP contribution in [0.15, 0.2) is 30.3 Å². The second-order valence-electron chi connectivity index (χ2n) is 4.33. The third-order valence-corrected chi connectivity index (χ3v) is 2.81. The van der Waals surface area contributed by atoms with Gasteiger partial charge in [-0.3, -0.25) is 4.79 Å². The Kier molecular flexibility index (Phi) is 5.06. The van der Waals surface area contributed by atoms with Gasteiger partial charge in [-0.15, -0.1) is 0 Å². The molecule has 0 aliphatic carbocycles. The average molecular weight is 264 g/mol. The molecule has 0 saturated carbocycles. The molecule has 1 aromatic rings. The molecule has 5 heteroatoms. The molecule has 4 nitrogen and oxygen atoms in total. The smallest absolute Gasteiger partial charge is 0.244 e. The van der Waals surface area contributed by atoms with Gasteiger partial charge in [-0.25, -0.2) is 4.39 Å². The first-order valence-corrected chi connectivity index (χ1v) is 6.28. The molecule has 0 spiro atoms. The number of amides is 1. The van der Waals surface area contributed by atoms with E-state index >= 15 is 0 Å². The van der Waals surface area contributed by atoms with Gasteiger partial charge in [0.05, 0.1) is 12.7 Å². The molecule has 0 radical (unpaired) electrons. The van der Waals surface area contributed by atoms with E-state index < -0.39 is 0 Å². The molecule has 2 rings (SSSR count). The fourth-order valence-electron chi connectivity index (χ4n) is 1.77. The Morgan fingerprint density at radius 3 is 2.95 bits per heavy atom. The fourth-order valence-corrected chi connectivity index (χ4v) is 1.77. The number of nitrogens with one attached hydrogen (secondary N) is 2. The van der Waals surface area contributed by atoms with Gasteiger partial charge in [0.15, 0.2) is 0 Å². The summed E-state index contributed by atoms with van der Waals surface area (Å²) in [5.74, 6) is -0.470. The summed E-state index contributed by atoms with van der Waals surface area (Å²) in [6, 6.07) is 5.96. The number of rotatable bonds is 4. The number of hydrogen-bond donors (Lipinski definition) is 2. The summed E-state index contributed by atoms with van der Waals surface area (Å²) < 4.78 is 18.2. The van der Waals surface area contributed by atoms with Crippen LogP contribution in [-0.4, -0.2) is 38.3 Å². The van der Waals surface area contributed by atoms with Crippen LogP contribution >= 0.6 is 0 Å². The average Bonchev–Trinajstić information content (AvgIpc) is 2.45. The summed E-state index contributed by atoms with van der Waals surface area (Å²) in [5.41, 5.74) is 0.784. The molecular formula is C14H17FN2O2. The van der Waals surface area contributed by atoms with E-state index in [0.29, 0.717) is 13.2 Å². The van der Waals surface area contributed by atoms with Gasteiger partial charge < -0.3 is 15.4 Å². The van der Waals surface area contributed by atoms with Crippen molar-refractivity contribution in [1.29, 1.82) is 0 Å². The number of ether oxygens (including phenoxy) is 1. The van der Waals surface area contributed by atoms with Crippen molar-refractivity contribution in [2.45, 2.75) is 6.10 Å². The molecule has 1 heterocycles. The molecule has 1 aromatic carbocycles. The molecule has 1 saturated heterocycles. The molecule has 1 aliphatic rings. The predicted molar refractivity (Wildman–Crippen MR) is 71.1 cm³/mol. The normalized spacial score (nSPS) is 19.5. The van der Waals surface area contributed by atoms with Crippen molar-refractivity contribution >= 4 is 12.0 Å². The van der Waals surface area contributed by atoms with E-state index in [-0.39, 0.29) is 17.8 Å². The third kappa shape index (κ3) is 4.81. The number of hydrogen-bond acceptors (Lipinski definition) is 3. The molecule has 1 amide bonds. The van der Waals surface area contributed by atoms with Crippen LogP contribution in [0.5, 0.6) is 0 Å². The topological polar surface area (TPSA) is 50.4 Å². The molecule has 1 aliphatic heterocycles. The maximum Gasteiger partial charge on any atom is 0.244 e. The van der Waals surface area contributed by atoms with E-state index in [2.05, 4.69) is 10.6 Å². The second kappa shape index (κ2) is 7.01. The van der Waals surface area contributed by atoms with Gasteiger partial charge in [0.2, 0.25) is 5.91 Å². The minimum absolute atomic E-state index is 0.0249. The van der Waals surface area contributed by atoms with Gasteiger partial charge in [0.1, 0.15) is 5.82 Å². The van der Waals surface area contributed by atoms with Gasteiger partial charge in [0, 0.05) is 25.7 Å². The fraction of sp³-hybridized carbons (Fsp3) is 0.357. The van der Waals surface area contributed by atoms with Crippen LogP contribution in [-0.2, 0) is 9.53 Å². The quantitative estimate of drug-likeness (QED) is 0.796. The van der Waals surface area contributed by atoms with Crippen LogP contribution in [0.25, 0.3) is 6.08 Å². The highest BCUT2D eigenvalue weighted by atomic mass is 19.1. The second-order valence-corrected chi connectivity index (χ2v) is 4.33. The largest absolute Gasteiger partial charge is 0.374 e. The molecule has 0 aromatic heterocycles. The Balaban J connectivity index is 1.75. The molecular weight excluding hydrogens is 247 g/mol. The number of halogens is 1. The maximum absolute atomic E-state index is 12.7. The minimum Gasteiger partial charge on any atom is -0.374 e. The zero-order valence-electron chi connectivity index (χ0n) is 10.6. The molecule has 1 fully saturated rings. The Morgan fingerprint density at radius 1 is 1.47 bits per heavy atom. The predicted octanol–water partition coefficient (Wildman–Crippen LogP) is 0.943. The molecule has 102 valence electrons. The Bertz CT molecular complexity index is 439. The van der Waals surface area contributed by atoms with Gasteiger partial charge in [-0.1, -0.05) is 12.1 Å². The lowest BCUT2D eigenvalue weighted by molar-refractivity contribution is -0.117. The van der Waals surface area contributed by atoms with Crippen LogP contribution in [0.3, 0.4) is 0 Å². The molecule has 1 unspecified atom stereocenters. The summed E-state index contributed by atoms with van der Waals surface area (Å²) >= 11 is 0. The molecule has 1 atom stereocenters. The standard InChI is InChI=1S/C14H17FN2O2/c15-12-4-1-11(2-5-12)3-6-14(18)17-10-13-9-16-7-8-19-13/h1-6,13,16H,7-10H2,(H,17,18)/b6-3+. The van der Waals surface area contributed by atoms with E-state index in [1.165, 1.54) is 18.2 Å². The Morgan fingerprint density at radius 2 is 2.26 bits per heavy atom. The lowest BCUT2D eigenvalue weighted by atomic mass is 10.2. The highest BCUT2D eigenvalue weighted by Crippen LogP contribution is 2.04. The highest BCUT2D eigenvalue weighted by Gasteiger charge is 2.13. The minimum atomic E-state index is -0.288. The van der Waals surface area contributed by atoms with E-state index in [4.69, 9.17) is 4.74 Å². The number of benzene rings is 1. The van der Waals surface area contributed by atoms with Crippen molar-refractivity contribution in [3.05, 3.63) is 41.7 Å². The third-order valence-electron chi connectivity index (χ3n) is 2.81. The van der Waals surface area contributed by atoms with Crippen LogP contribution in [0.1, 0.15) is 5.56 Å². The van der Waals surface area contributed by atoms with E-state index in [1.54, 1.807) is 18.2 Å². The summed E-state index contributed by atoms with van der Waals surface area (Å²) in [7, 11) is 0. The van der Waals surface area contributed by atoms with Gasteiger partial charge in [0.25, 0.3) is 0 Å². The van der Waals surface area contributed by atoms with Crippen LogP contribution in [0.2, 0.25) is 0 Å². The first-order chi connectivity index (χ1) is 9.24. The first kappa shape index (κ1) is 13.7. The molecule has 0 bridgehead atoms. The lowest BCUT2D eigenvalue weighted by Crippen LogP contribution is -2.44. The lowest BCUT2D eigenvalue weighted by Gasteiger charge is -2.23. The van der Waals surface area contributed by atoms with E-state index in [1.807, 2.05) is 0 Å². The van der Waals surface area contributed by atoms with Crippen molar-refractivity contribution in [3.8, 4) is 0 Å². The van der Waals surface area contributed by atoms with E-state index in [9.17, 15) is 9.18 Å². The monoisotopic (exact) mass is 264 g/mol. The van der Waals surface area contributed by atoms with Gasteiger partial charge in [-0.05, 0) is 23.8 Å². The van der Waals surface area contributed by atoms with Crippen molar-refractivity contribution in [1.82, 2.24) is 10.6 Å². The van der Waals surface area contributed by atoms with Crippen LogP contribution in [0.4, 0.5) is 4.39 Å². The first-order valence-electron chi connectivity index (χ1n) is 6.28. The highest BCUT2D eigenvalue weighted by molar-refractivity contribution is 5.91.